The molecule has 0 aromatic carbocycles. The Morgan fingerprint density at radius 1 is 1.53 bits per heavy atom. The second-order valence-electron chi connectivity index (χ2n) is 6.06. The van der Waals surface area contributed by atoms with Gasteiger partial charge in [0.2, 0.25) is 12.1 Å². The van der Waals surface area contributed by atoms with Gasteiger partial charge in [-0.05, 0) is 53.8 Å². The lowest BCUT2D eigenvalue weighted by Gasteiger charge is -2.28. The predicted octanol–water partition coefficient (Wildman–Crippen LogP) is 2.56. The normalized spacial score (nSPS) is 30.5. The fourth-order valence-corrected chi connectivity index (χ4v) is 3.95. The molecule has 6 nitrogen and oxygen atoms in total. The molecule has 0 aliphatic heterocycles. The molecule has 0 saturated heterocycles. The largest absolute Gasteiger partial charge is 0.406 e. The van der Waals surface area contributed by atoms with Crippen molar-refractivity contribution in [3.63, 3.8) is 0 Å². The average Bonchev–Trinajstić information content (AvgIpc) is 3.05. The van der Waals surface area contributed by atoms with Crippen molar-refractivity contribution in [2.24, 2.45) is 24.8 Å². The van der Waals surface area contributed by atoms with Crippen LogP contribution in [-0.2, 0) is 7.05 Å². The number of aromatic nitrogens is 2. The highest BCUT2D eigenvalue weighted by atomic mass is 16.6. The zero-order valence-corrected chi connectivity index (χ0v) is 11.4. The van der Waals surface area contributed by atoms with Crippen LogP contribution in [0.1, 0.15) is 32.6 Å². The zero-order valence-electron chi connectivity index (χ0n) is 11.4. The lowest BCUT2D eigenvalue weighted by atomic mass is 9.84. The van der Waals surface area contributed by atoms with E-state index in [2.05, 4.69) is 17.2 Å². The Labute approximate surface area is 112 Å². The van der Waals surface area contributed by atoms with Gasteiger partial charge in [0, 0.05) is 13.1 Å². The highest BCUT2D eigenvalue weighted by molar-refractivity contribution is 5.52. The van der Waals surface area contributed by atoms with Crippen LogP contribution in [0.3, 0.4) is 0 Å². The smallest absolute Gasteiger partial charge is 0.362 e. The Hall–Kier alpha value is -1.59. The fraction of sp³-hybridized carbons (Fsp3) is 0.769. The second-order valence-corrected chi connectivity index (χ2v) is 6.06. The summed E-state index contributed by atoms with van der Waals surface area (Å²) in [5, 5.41) is 14.3. The van der Waals surface area contributed by atoms with Crippen molar-refractivity contribution < 1.29 is 4.92 Å². The van der Waals surface area contributed by atoms with Crippen molar-refractivity contribution in [2.75, 3.05) is 5.32 Å². The average molecular weight is 264 g/mol. The minimum atomic E-state index is -0.421. The number of nitrogens with zero attached hydrogens (tertiary/aromatic N) is 3. The minimum absolute atomic E-state index is 0.0718. The molecule has 2 bridgehead atoms. The van der Waals surface area contributed by atoms with Crippen LogP contribution in [0.4, 0.5) is 11.6 Å². The Morgan fingerprint density at radius 3 is 2.89 bits per heavy atom. The first-order chi connectivity index (χ1) is 9.06. The van der Waals surface area contributed by atoms with E-state index in [1.807, 2.05) is 0 Å². The van der Waals surface area contributed by atoms with Crippen molar-refractivity contribution in [2.45, 2.75) is 38.6 Å². The van der Waals surface area contributed by atoms with Crippen molar-refractivity contribution in [3.8, 4) is 0 Å². The Morgan fingerprint density at radius 2 is 2.32 bits per heavy atom. The van der Waals surface area contributed by atoms with Gasteiger partial charge in [-0.15, -0.1) is 0 Å². The first-order valence-corrected chi connectivity index (χ1v) is 6.98. The van der Waals surface area contributed by atoms with Crippen LogP contribution in [-0.4, -0.2) is 20.5 Å². The van der Waals surface area contributed by atoms with E-state index >= 15 is 0 Å². The first-order valence-electron chi connectivity index (χ1n) is 6.98. The molecule has 2 fully saturated rings. The quantitative estimate of drug-likeness (QED) is 0.670. The fourth-order valence-electron chi connectivity index (χ4n) is 3.95. The molecule has 0 amide bonds. The molecule has 1 N–H and O–H groups in total. The summed E-state index contributed by atoms with van der Waals surface area (Å²) >= 11 is 0. The number of rotatable bonds is 4. The number of hydrogen-bond acceptors (Lipinski definition) is 4. The Kier molecular flexibility index (Phi) is 2.95. The first kappa shape index (κ1) is 12.4. The third kappa shape index (κ3) is 2.09. The van der Waals surface area contributed by atoms with Gasteiger partial charge in [-0.25, -0.2) is 0 Å². The molecule has 2 saturated carbocycles. The van der Waals surface area contributed by atoms with Crippen molar-refractivity contribution >= 4 is 11.6 Å². The standard InChI is InChI=1S/C13H20N4O2/c1-8(11-6-9-3-4-10(11)5-9)15-13-12(17(18)19)14-7-16(13)2/h7-11,15H,3-6H2,1-2H3. The molecule has 1 heterocycles. The maximum atomic E-state index is 11.0. The molecule has 2 aliphatic carbocycles. The molecule has 19 heavy (non-hydrogen) atoms. The molecular formula is C13H20N4O2. The number of anilines is 1. The zero-order chi connectivity index (χ0) is 13.6. The number of nitrogens with one attached hydrogen (secondary N) is 1. The van der Waals surface area contributed by atoms with E-state index in [1.54, 1.807) is 11.6 Å². The van der Waals surface area contributed by atoms with Crippen LogP contribution in [0, 0.1) is 27.9 Å². The number of hydrogen-bond donors (Lipinski definition) is 1. The van der Waals surface area contributed by atoms with Crippen LogP contribution < -0.4 is 5.32 Å². The van der Waals surface area contributed by atoms with E-state index in [0.717, 1.165) is 11.8 Å². The summed E-state index contributed by atoms with van der Waals surface area (Å²) in [5.41, 5.74) is 0. The lowest BCUT2D eigenvalue weighted by molar-refractivity contribution is -0.388. The molecule has 104 valence electrons. The molecule has 6 heteroatoms. The number of nitro groups is 1. The molecule has 2 aliphatic rings. The van der Waals surface area contributed by atoms with Crippen molar-refractivity contribution in [3.05, 3.63) is 16.4 Å². The third-order valence-electron chi connectivity index (χ3n) is 4.89. The Bertz CT molecular complexity index is 499. The van der Waals surface area contributed by atoms with E-state index in [0.29, 0.717) is 11.7 Å². The molecule has 4 atom stereocenters. The molecule has 0 spiro atoms. The molecule has 3 rings (SSSR count). The SMILES string of the molecule is CC(Nc1c([N+](=O)[O-])ncn1C)C1CC2CCC1C2. The van der Waals surface area contributed by atoms with E-state index in [4.69, 9.17) is 0 Å². The number of imidazole rings is 1. The van der Waals surface area contributed by atoms with Crippen molar-refractivity contribution in [1.82, 2.24) is 9.55 Å². The van der Waals surface area contributed by atoms with Crippen LogP contribution in [0.2, 0.25) is 0 Å². The van der Waals surface area contributed by atoms with Gasteiger partial charge in [0.1, 0.15) is 0 Å². The van der Waals surface area contributed by atoms with Gasteiger partial charge in [0.15, 0.2) is 0 Å². The molecular weight excluding hydrogens is 244 g/mol. The highest BCUT2D eigenvalue weighted by Gasteiger charge is 2.42. The van der Waals surface area contributed by atoms with E-state index < -0.39 is 4.92 Å². The van der Waals surface area contributed by atoms with E-state index in [1.165, 1.54) is 32.0 Å². The van der Waals surface area contributed by atoms with Gasteiger partial charge in [0.05, 0.1) is 0 Å². The number of aryl methyl sites for hydroxylation is 1. The summed E-state index contributed by atoms with van der Waals surface area (Å²) in [6.07, 6.45) is 6.82. The molecule has 0 radical (unpaired) electrons. The summed E-state index contributed by atoms with van der Waals surface area (Å²) in [4.78, 5) is 14.4. The number of fused-ring (bicyclic) bond motifs is 2. The molecule has 4 unspecified atom stereocenters. The summed E-state index contributed by atoms with van der Waals surface area (Å²) < 4.78 is 1.70. The summed E-state index contributed by atoms with van der Waals surface area (Å²) in [6.45, 7) is 2.14. The van der Waals surface area contributed by atoms with Gasteiger partial charge in [-0.1, -0.05) is 6.42 Å². The summed E-state index contributed by atoms with van der Waals surface area (Å²) in [6, 6.07) is 0.268. The maximum Gasteiger partial charge on any atom is 0.406 e. The summed E-state index contributed by atoms with van der Waals surface area (Å²) in [7, 11) is 1.79. The Balaban J connectivity index is 1.74. The highest BCUT2D eigenvalue weighted by Crippen LogP contribution is 2.50. The summed E-state index contributed by atoms with van der Waals surface area (Å²) in [5.74, 6) is 2.80. The minimum Gasteiger partial charge on any atom is -0.362 e. The lowest BCUT2D eigenvalue weighted by Crippen LogP contribution is -2.30. The van der Waals surface area contributed by atoms with Crippen LogP contribution >= 0.6 is 0 Å². The van der Waals surface area contributed by atoms with Gasteiger partial charge in [-0.2, -0.15) is 0 Å². The van der Waals surface area contributed by atoms with Gasteiger partial charge in [0.25, 0.3) is 0 Å². The molecule has 1 aromatic rings. The monoisotopic (exact) mass is 264 g/mol. The topological polar surface area (TPSA) is 73.0 Å². The van der Waals surface area contributed by atoms with Gasteiger partial charge < -0.3 is 15.4 Å². The van der Waals surface area contributed by atoms with E-state index in [-0.39, 0.29) is 11.9 Å². The molecule has 1 aromatic heterocycles. The maximum absolute atomic E-state index is 11.0. The third-order valence-corrected chi connectivity index (χ3v) is 4.89. The van der Waals surface area contributed by atoms with Crippen LogP contribution in [0.25, 0.3) is 0 Å². The van der Waals surface area contributed by atoms with Crippen LogP contribution in [0.15, 0.2) is 6.33 Å². The van der Waals surface area contributed by atoms with Crippen molar-refractivity contribution in [1.29, 1.82) is 0 Å². The predicted molar refractivity (Wildman–Crippen MR) is 71.9 cm³/mol. The van der Waals surface area contributed by atoms with Crippen LogP contribution in [0.5, 0.6) is 0 Å². The van der Waals surface area contributed by atoms with Gasteiger partial charge >= 0.3 is 5.82 Å². The van der Waals surface area contributed by atoms with E-state index in [9.17, 15) is 10.1 Å². The van der Waals surface area contributed by atoms with Gasteiger partial charge in [-0.3, -0.25) is 4.57 Å². The second kappa shape index (κ2) is 4.51.